The minimum atomic E-state index is -0.315. The van der Waals surface area contributed by atoms with Gasteiger partial charge in [0.25, 0.3) is 0 Å². The Hall–Kier alpha value is -2.13. The highest BCUT2D eigenvalue weighted by Crippen LogP contribution is 2.31. The van der Waals surface area contributed by atoms with Crippen LogP contribution in [0, 0.1) is 0 Å². The van der Waals surface area contributed by atoms with Crippen molar-refractivity contribution in [3.63, 3.8) is 0 Å². The van der Waals surface area contributed by atoms with Crippen molar-refractivity contribution in [2.24, 2.45) is 0 Å². The molecule has 0 N–H and O–H groups in total. The van der Waals surface area contributed by atoms with Crippen LogP contribution >= 0.6 is 15.9 Å². The number of ether oxygens (including phenoxy) is 1. The molecule has 0 fully saturated rings. The highest BCUT2D eigenvalue weighted by molar-refractivity contribution is 9.10. The normalized spacial score (nSPS) is 10.6. The van der Waals surface area contributed by atoms with Gasteiger partial charge in [-0.3, -0.25) is 0 Å². The second kappa shape index (κ2) is 5.70. The zero-order valence-electron chi connectivity index (χ0n) is 11.5. The Bertz CT molecular complexity index is 807. The molecule has 3 aromatic rings. The lowest BCUT2D eigenvalue weighted by atomic mass is 9.94. The summed E-state index contributed by atoms with van der Waals surface area (Å²) < 4.78 is 5.99. The van der Waals surface area contributed by atoms with E-state index in [1.54, 1.807) is 0 Å². The third-order valence-electron chi connectivity index (χ3n) is 3.47. The zero-order valence-corrected chi connectivity index (χ0v) is 13.1. The molecule has 0 radical (unpaired) electrons. The SMILES string of the molecule is COC(=O)c1c(-c2ccc(Br)cc2)ccc2ccccc12. The molecule has 0 aliphatic rings. The van der Waals surface area contributed by atoms with Crippen LogP contribution in [0.25, 0.3) is 21.9 Å². The molecule has 3 heteroatoms. The molecule has 0 unspecified atom stereocenters. The van der Waals surface area contributed by atoms with E-state index < -0.39 is 0 Å². The van der Waals surface area contributed by atoms with Gasteiger partial charge < -0.3 is 4.74 Å². The van der Waals surface area contributed by atoms with Crippen molar-refractivity contribution in [3.8, 4) is 11.1 Å². The Morgan fingerprint density at radius 3 is 2.38 bits per heavy atom. The van der Waals surface area contributed by atoms with E-state index >= 15 is 0 Å². The first-order chi connectivity index (χ1) is 10.2. The molecule has 0 aliphatic carbocycles. The van der Waals surface area contributed by atoms with Crippen LogP contribution in [0.2, 0.25) is 0 Å². The second-order valence-corrected chi connectivity index (χ2v) is 5.62. The fourth-order valence-electron chi connectivity index (χ4n) is 2.46. The fourth-order valence-corrected chi connectivity index (χ4v) is 2.73. The quantitative estimate of drug-likeness (QED) is 0.609. The maximum Gasteiger partial charge on any atom is 0.339 e. The minimum Gasteiger partial charge on any atom is -0.465 e. The molecule has 0 atom stereocenters. The van der Waals surface area contributed by atoms with Gasteiger partial charge in [0.1, 0.15) is 0 Å². The molecule has 0 saturated heterocycles. The number of carbonyl (C=O) groups is 1. The molecule has 0 amide bonds. The van der Waals surface area contributed by atoms with Crippen LogP contribution in [0.1, 0.15) is 10.4 Å². The van der Waals surface area contributed by atoms with Crippen LogP contribution in [-0.4, -0.2) is 13.1 Å². The van der Waals surface area contributed by atoms with Crippen molar-refractivity contribution in [3.05, 3.63) is 70.7 Å². The Balaban J connectivity index is 2.31. The molecule has 3 rings (SSSR count). The number of benzene rings is 3. The molecule has 104 valence electrons. The summed E-state index contributed by atoms with van der Waals surface area (Å²) in [7, 11) is 1.41. The van der Waals surface area contributed by atoms with Crippen LogP contribution in [0.4, 0.5) is 0 Å². The summed E-state index contributed by atoms with van der Waals surface area (Å²) in [5, 5.41) is 1.93. The van der Waals surface area contributed by atoms with Crippen molar-refractivity contribution in [2.75, 3.05) is 7.11 Å². The van der Waals surface area contributed by atoms with E-state index in [0.717, 1.165) is 26.4 Å². The van der Waals surface area contributed by atoms with Gasteiger partial charge in [-0.25, -0.2) is 4.79 Å². The zero-order chi connectivity index (χ0) is 14.8. The summed E-state index contributed by atoms with van der Waals surface area (Å²) in [6, 6.07) is 19.7. The van der Waals surface area contributed by atoms with Gasteiger partial charge in [0, 0.05) is 4.47 Å². The van der Waals surface area contributed by atoms with Gasteiger partial charge in [-0.15, -0.1) is 0 Å². The third-order valence-corrected chi connectivity index (χ3v) is 4.00. The van der Waals surface area contributed by atoms with E-state index in [1.165, 1.54) is 7.11 Å². The van der Waals surface area contributed by atoms with Crippen molar-refractivity contribution in [2.45, 2.75) is 0 Å². The summed E-state index contributed by atoms with van der Waals surface area (Å²) in [6.07, 6.45) is 0. The largest absolute Gasteiger partial charge is 0.465 e. The smallest absolute Gasteiger partial charge is 0.339 e. The predicted octanol–water partition coefficient (Wildman–Crippen LogP) is 5.06. The van der Waals surface area contributed by atoms with Crippen LogP contribution in [0.5, 0.6) is 0 Å². The van der Waals surface area contributed by atoms with E-state index in [9.17, 15) is 4.79 Å². The van der Waals surface area contributed by atoms with E-state index in [0.29, 0.717) is 5.56 Å². The molecule has 0 bridgehead atoms. The van der Waals surface area contributed by atoms with Crippen LogP contribution in [-0.2, 0) is 4.74 Å². The molecule has 0 aromatic heterocycles. The molecule has 0 saturated carbocycles. The van der Waals surface area contributed by atoms with Gasteiger partial charge >= 0.3 is 5.97 Å². The highest BCUT2D eigenvalue weighted by Gasteiger charge is 2.16. The average molecular weight is 341 g/mol. The minimum absolute atomic E-state index is 0.315. The first-order valence-corrected chi connectivity index (χ1v) is 7.36. The third kappa shape index (κ3) is 2.57. The van der Waals surface area contributed by atoms with Gasteiger partial charge in [-0.2, -0.15) is 0 Å². The molecular weight excluding hydrogens is 328 g/mol. The maximum absolute atomic E-state index is 12.3. The summed E-state index contributed by atoms with van der Waals surface area (Å²) in [4.78, 5) is 12.3. The predicted molar refractivity (Wildman–Crippen MR) is 88.4 cm³/mol. The number of rotatable bonds is 2. The molecule has 0 heterocycles. The average Bonchev–Trinajstić information content (AvgIpc) is 2.54. The Morgan fingerprint density at radius 2 is 1.67 bits per heavy atom. The van der Waals surface area contributed by atoms with Gasteiger partial charge in [-0.05, 0) is 34.0 Å². The van der Waals surface area contributed by atoms with Gasteiger partial charge in [0.2, 0.25) is 0 Å². The number of hydrogen-bond acceptors (Lipinski definition) is 2. The Labute approximate surface area is 131 Å². The number of methoxy groups -OCH3 is 1. The first-order valence-electron chi connectivity index (χ1n) is 6.56. The highest BCUT2D eigenvalue weighted by atomic mass is 79.9. The van der Waals surface area contributed by atoms with E-state index in [-0.39, 0.29) is 5.97 Å². The lowest BCUT2D eigenvalue weighted by Gasteiger charge is -2.12. The molecule has 0 aliphatic heterocycles. The number of hydrogen-bond donors (Lipinski definition) is 0. The topological polar surface area (TPSA) is 26.3 Å². The van der Waals surface area contributed by atoms with Crippen LogP contribution in [0.15, 0.2) is 65.1 Å². The van der Waals surface area contributed by atoms with Gasteiger partial charge in [0.15, 0.2) is 0 Å². The molecular formula is C18H13BrO2. The summed E-state index contributed by atoms with van der Waals surface area (Å²) in [6.45, 7) is 0. The Morgan fingerprint density at radius 1 is 0.952 bits per heavy atom. The fraction of sp³-hybridized carbons (Fsp3) is 0.0556. The summed E-state index contributed by atoms with van der Waals surface area (Å²) in [5.41, 5.74) is 2.48. The number of carbonyl (C=O) groups excluding carboxylic acids is 1. The van der Waals surface area contributed by atoms with Gasteiger partial charge in [-0.1, -0.05) is 64.5 Å². The molecule has 21 heavy (non-hydrogen) atoms. The maximum atomic E-state index is 12.3. The van der Waals surface area contributed by atoms with E-state index in [2.05, 4.69) is 15.9 Å². The van der Waals surface area contributed by atoms with Crippen molar-refractivity contribution in [1.29, 1.82) is 0 Å². The summed E-state index contributed by atoms with van der Waals surface area (Å²) >= 11 is 3.43. The lowest BCUT2D eigenvalue weighted by molar-refractivity contribution is 0.0604. The number of fused-ring (bicyclic) bond motifs is 1. The Kier molecular flexibility index (Phi) is 3.76. The van der Waals surface area contributed by atoms with Crippen LogP contribution in [0.3, 0.4) is 0 Å². The second-order valence-electron chi connectivity index (χ2n) is 4.71. The van der Waals surface area contributed by atoms with E-state index in [1.807, 2.05) is 60.7 Å². The van der Waals surface area contributed by atoms with Crippen LogP contribution < -0.4 is 0 Å². The van der Waals surface area contributed by atoms with E-state index in [4.69, 9.17) is 4.74 Å². The molecule has 3 aromatic carbocycles. The van der Waals surface area contributed by atoms with Gasteiger partial charge in [0.05, 0.1) is 12.7 Å². The number of halogens is 1. The lowest BCUT2D eigenvalue weighted by Crippen LogP contribution is -2.04. The van der Waals surface area contributed by atoms with Crippen molar-refractivity contribution < 1.29 is 9.53 Å². The first kappa shape index (κ1) is 13.8. The van der Waals surface area contributed by atoms with Crippen molar-refractivity contribution >= 4 is 32.7 Å². The monoisotopic (exact) mass is 340 g/mol. The molecule has 0 spiro atoms. The molecule has 2 nitrogen and oxygen atoms in total. The standard InChI is InChI=1S/C18H13BrO2/c1-21-18(20)17-15-5-3-2-4-12(15)8-11-16(17)13-6-9-14(19)10-7-13/h2-11H,1H3. The number of esters is 1. The van der Waals surface area contributed by atoms with Crippen molar-refractivity contribution in [1.82, 2.24) is 0 Å². The summed E-state index contributed by atoms with van der Waals surface area (Å²) in [5.74, 6) is -0.315.